The average Bonchev–Trinajstić information content (AvgIpc) is 2.26. The van der Waals surface area contributed by atoms with Gasteiger partial charge in [0, 0.05) is 0 Å². The summed E-state index contributed by atoms with van der Waals surface area (Å²) in [6, 6.07) is 7.57. The van der Waals surface area contributed by atoms with E-state index in [-0.39, 0.29) is 27.3 Å². The Bertz CT molecular complexity index is 256. The normalized spacial score (nSPS) is 9.81. The third-order valence-corrected chi connectivity index (χ3v) is 2.76. The van der Waals surface area contributed by atoms with Crippen LogP contribution in [0.5, 0.6) is 5.75 Å². The van der Waals surface area contributed by atoms with E-state index in [2.05, 4.69) is 6.92 Å². The first-order valence-corrected chi connectivity index (χ1v) is 6.11. The molecule has 0 aliphatic heterocycles. The Morgan fingerprint density at radius 1 is 0.875 bits per heavy atom. The van der Waals surface area contributed by atoms with Gasteiger partial charge in [0.25, 0.3) is 0 Å². The van der Waals surface area contributed by atoms with Crippen molar-refractivity contribution in [2.45, 2.75) is 51.9 Å². The van der Waals surface area contributed by atoms with Gasteiger partial charge in [-0.1, -0.05) is 51.2 Å². The zero-order chi connectivity index (χ0) is 10.9. The van der Waals surface area contributed by atoms with Crippen molar-refractivity contribution < 1.29 is 5.11 Å². The molecule has 2 heteroatoms. The molecule has 0 saturated heterocycles. The first-order valence-electron chi connectivity index (χ1n) is 6.11. The van der Waals surface area contributed by atoms with Crippen molar-refractivity contribution in [1.29, 1.82) is 0 Å². The van der Waals surface area contributed by atoms with Crippen molar-refractivity contribution in [2.75, 3.05) is 0 Å². The Hall–Kier alpha value is -0.0579. The first kappa shape index (κ1) is 15.9. The van der Waals surface area contributed by atoms with E-state index in [1.165, 1.54) is 44.1 Å². The van der Waals surface area contributed by atoms with Crippen molar-refractivity contribution in [2.24, 2.45) is 0 Å². The molecule has 0 atom stereocenters. The molecule has 0 aromatic heterocycles. The van der Waals surface area contributed by atoms with Crippen LogP contribution in [-0.2, 0) is 6.42 Å². The van der Waals surface area contributed by atoms with Crippen LogP contribution in [0.1, 0.15) is 51.0 Å². The van der Waals surface area contributed by atoms with Gasteiger partial charge in [-0.25, -0.2) is 0 Å². The summed E-state index contributed by atoms with van der Waals surface area (Å²) in [6.07, 6.45) is 9.19. The minimum absolute atomic E-state index is 0. The molecule has 1 aromatic carbocycles. The van der Waals surface area contributed by atoms with E-state index in [1.54, 1.807) is 12.1 Å². The van der Waals surface area contributed by atoms with Crippen LogP contribution in [0, 0.1) is 0 Å². The standard InChI is InChI=1S/C14H22O.Pb.2H/c1-2-3-4-5-6-7-8-13-9-11-14(15)12-10-13;;;/h9-12,15H,2-8H2,1H3;;;. The van der Waals surface area contributed by atoms with Crippen LogP contribution < -0.4 is 0 Å². The average molecular weight is 416 g/mol. The number of benzene rings is 1. The number of aryl methyl sites for hydroxylation is 1. The monoisotopic (exact) mass is 416 g/mol. The van der Waals surface area contributed by atoms with E-state index in [4.69, 9.17) is 5.11 Å². The van der Waals surface area contributed by atoms with Crippen molar-refractivity contribution in [3.8, 4) is 5.75 Å². The van der Waals surface area contributed by atoms with Crippen LogP contribution in [0.25, 0.3) is 0 Å². The van der Waals surface area contributed by atoms with Gasteiger partial charge in [-0.05, 0) is 30.5 Å². The molecule has 0 heterocycles. The number of unbranched alkanes of at least 4 members (excludes halogenated alkanes) is 5. The summed E-state index contributed by atoms with van der Waals surface area (Å²) in [6.45, 7) is 2.25. The number of phenolic OH excluding ortho intramolecular Hbond substituents is 1. The van der Waals surface area contributed by atoms with Crippen molar-refractivity contribution >= 4 is 27.3 Å². The topological polar surface area (TPSA) is 20.2 Å². The van der Waals surface area contributed by atoms with Crippen molar-refractivity contribution in [1.82, 2.24) is 0 Å². The number of hydrogen-bond donors (Lipinski definition) is 1. The first-order chi connectivity index (χ1) is 7.33. The SMILES string of the molecule is CCCCCCCCc1ccc(O)cc1.[PbH2]. The second-order valence-electron chi connectivity index (χ2n) is 4.18. The second-order valence-corrected chi connectivity index (χ2v) is 4.18. The van der Waals surface area contributed by atoms with Gasteiger partial charge in [-0.15, -0.1) is 0 Å². The molecular weight excluding hydrogens is 391 g/mol. The minimum atomic E-state index is 0. The molecule has 0 saturated carbocycles. The van der Waals surface area contributed by atoms with Crippen LogP contribution in [0.4, 0.5) is 0 Å². The molecular formula is C14H24OPb. The van der Waals surface area contributed by atoms with Crippen molar-refractivity contribution in [3.63, 3.8) is 0 Å². The zero-order valence-electron chi connectivity index (χ0n) is 10.4. The molecule has 1 aromatic rings. The van der Waals surface area contributed by atoms with Gasteiger partial charge in [-0.2, -0.15) is 0 Å². The third kappa shape index (κ3) is 7.25. The fourth-order valence-electron chi connectivity index (χ4n) is 1.77. The quantitative estimate of drug-likeness (QED) is 0.535. The summed E-state index contributed by atoms with van der Waals surface area (Å²) in [5, 5.41) is 9.13. The Labute approximate surface area is 119 Å². The summed E-state index contributed by atoms with van der Waals surface area (Å²) < 4.78 is 0. The predicted octanol–water partition coefficient (Wildman–Crippen LogP) is 3.38. The fourth-order valence-corrected chi connectivity index (χ4v) is 1.77. The fraction of sp³-hybridized carbons (Fsp3) is 0.571. The second kappa shape index (κ2) is 10.1. The van der Waals surface area contributed by atoms with Crippen LogP contribution >= 0.6 is 0 Å². The third-order valence-electron chi connectivity index (χ3n) is 2.76. The Morgan fingerprint density at radius 3 is 2.06 bits per heavy atom. The maximum absolute atomic E-state index is 9.13. The maximum atomic E-state index is 9.13. The molecule has 0 aliphatic carbocycles. The van der Waals surface area contributed by atoms with Gasteiger partial charge in [0.1, 0.15) is 5.75 Å². The summed E-state index contributed by atoms with van der Waals surface area (Å²) in [5.74, 6) is 0.363. The molecule has 2 radical (unpaired) electrons. The molecule has 90 valence electrons. The molecule has 1 rings (SSSR count). The van der Waals surface area contributed by atoms with E-state index in [0.29, 0.717) is 5.75 Å². The summed E-state index contributed by atoms with van der Waals surface area (Å²) >= 11 is 0. The van der Waals surface area contributed by atoms with Crippen LogP contribution in [0.3, 0.4) is 0 Å². The van der Waals surface area contributed by atoms with Crippen LogP contribution in [0.15, 0.2) is 24.3 Å². The van der Waals surface area contributed by atoms with Gasteiger partial charge in [-0.3, -0.25) is 0 Å². The molecule has 0 fully saturated rings. The van der Waals surface area contributed by atoms with Gasteiger partial charge >= 0.3 is 27.3 Å². The number of phenols is 1. The van der Waals surface area contributed by atoms with Crippen LogP contribution in [0.2, 0.25) is 0 Å². The van der Waals surface area contributed by atoms with Gasteiger partial charge < -0.3 is 5.11 Å². The van der Waals surface area contributed by atoms with E-state index < -0.39 is 0 Å². The molecule has 1 nitrogen and oxygen atoms in total. The molecule has 0 unspecified atom stereocenters. The number of hydrogen-bond acceptors (Lipinski definition) is 1. The Morgan fingerprint density at radius 2 is 1.44 bits per heavy atom. The molecule has 0 aliphatic rings. The Balaban J connectivity index is 0.00000225. The molecule has 1 N–H and O–H groups in total. The summed E-state index contributed by atoms with van der Waals surface area (Å²) in [4.78, 5) is 0. The van der Waals surface area contributed by atoms with E-state index in [0.717, 1.165) is 6.42 Å². The zero-order valence-corrected chi connectivity index (χ0v) is 15.9. The molecule has 16 heavy (non-hydrogen) atoms. The number of rotatable bonds is 7. The Kier molecular flexibility index (Phi) is 10.1. The van der Waals surface area contributed by atoms with Gasteiger partial charge in [0.05, 0.1) is 0 Å². The molecule has 0 amide bonds. The molecule has 0 spiro atoms. The summed E-state index contributed by atoms with van der Waals surface area (Å²) in [7, 11) is 0. The van der Waals surface area contributed by atoms with E-state index in [9.17, 15) is 0 Å². The van der Waals surface area contributed by atoms with E-state index in [1.807, 2.05) is 12.1 Å². The van der Waals surface area contributed by atoms with E-state index >= 15 is 0 Å². The predicted molar refractivity (Wildman–Crippen MR) is 73.7 cm³/mol. The van der Waals surface area contributed by atoms with Crippen molar-refractivity contribution in [3.05, 3.63) is 29.8 Å². The molecule has 0 bridgehead atoms. The van der Waals surface area contributed by atoms with Crippen LogP contribution in [-0.4, -0.2) is 32.4 Å². The van der Waals surface area contributed by atoms with Gasteiger partial charge in [0.15, 0.2) is 0 Å². The summed E-state index contributed by atoms with van der Waals surface area (Å²) in [5.41, 5.74) is 1.34. The number of aromatic hydroxyl groups is 1. The van der Waals surface area contributed by atoms with Gasteiger partial charge in [0.2, 0.25) is 0 Å².